The molecule has 0 aliphatic heterocycles. The Morgan fingerprint density at radius 3 is 2.68 bits per heavy atom. The van der Waals surface area contributed by atoms with Crippen LogP contribution in [0.4, 0.5) is 0 Å². The van der Waals surface area contributed by atoms with Gasteiger partial charge in [-0.2, -0.15) is 0 Å². The molecule has 0 saturated heterocycles. The molecule has 1 aliphatic carbocycles. The van der Waals surface area contributed by atoms with Crippen LogP contribution in [-0.4, -0.2) is 34.6 Å². The number of benzene rings is 2. The number of aromatic nitrogens is 2. The lowest BCUT2D eigenvalue weighted by molar-refractivity contribution is -0.135. The molecule has 0 atom stereocenters. The molecule has 6 nitrogen and oxygen atoms in total. The van der Waals surface area contributed by atoms with Crippen LogP contribution in [-0.2, 0) is 16.1 Å². The fourth-order valence-electron chi connectivity index (χ4n) is 4.89. The van der Waals surface area contributed by atoms with Crippen molar-refractivity contribution in [2.24, 2.45) is 5.92 Å². The SMILES string of the molecule is O=COC1CCC(CNC(=O)c2c(Cl)ccc3ccn(Cc4cc5ccccc5cn4)c23)CC1. The molecule has 1 saturated carbocycles. The standard InChI is InChI=1S/C27H26ClN3O3/c28-24-10-7-19-11-12-31(16-22-13-20-3-1-2-4-21(20)15-29-22)26(19)25(24)27(33)30-14-18-5-8-23(9-6-18)34-17-32/h1-4,7,10-13,15,17-18,23H,5-6,8-9,14,16H2,(H,30,33). The molecular weight excluding hydrogens is 450 g/mol. The quantitative estimate of drug-likeness (QED) is 0.365. The zero-order chi connectivity index (χ0) is 23.5. The van der Waals surface area contributed by atoms with Crippen LogP contribution in [0.25, 0.3) is 21.7 Å². The average molecular weight is 476 g/mol. The van der Waals surface area contributed by atoms with Gasteiger partial charge in [-0.25, -0.2) is 0 Å². The van der Waals surface area contributed by atoms with E-state index in [0.717, 1.165) is 53.1 Å². The second-order valence-corrected chi connectivity index (χ2v) is 9.32. The van der Waals surface area contributed by atoms with E-state index in [1.165, 1.54) is 0 Å². The molecule has 5 rings (SSSR count). The maximum atomic E-state index is 13.3. The Morgan fingerprint density at radius 1 is 1.09 bits per heavy atom. The molecule has 1 fully saturated rings. The van der Waals surface area contributed by atoms with Crippen molar-refractivity contribution in [1.82, 2.24) is 14.9 Å². The van der Waals surface area contributed by atoms with Gasteiger partial charge in [-0.15, -0.1) is 0 Å². The maximum Gasteiger partial charge on any atom is 0.293 e. The maximum absolute atomic E-state index is 13.3. The highest BCUT2D eigenvalue weighted by molar-refractivity contribution is 6.35. The Bertz CT molecular complexity index is 1340. The van der Waals surface area contributed by atoms with Crippen LogP contribution in [0.15, 0.2) is 60.9 Å². The van der Waals surface area contributed by atoms with E-state index in [1.54, 1.807) is 6.07 Å². The molecule has 1 amide bonds. The van der Waals surface area contributed by atoms with Gasteiger partial charge < -0.3 is 14.6 Å². The summed E-state index contributed by atoms with van der Waals surface area (Å²) >= 11 is 6.54. The molecule has 0 radical (unpaired) electrons. The predicted octanol–water partition coefficient (Wildman–Crippen LogP) is 5.35. The molecule has 4 aromatic rings. The van der Waals surface area contributed by atoms with Gasteiger partial charge in [0.2, 0.25) is 0 Å². The third kappa shape index (κ3) is 4.64. The minimum atomic E-state index is -0.173. The van der Waals surface area contributed by atoms with Crippen molar-refractivity contribution in [2.75, 3.05) is 6.54 Å². The number of pyridine rings is 1. The molecule has 0 unspecified atom stereocenters. The number of rotatable bonds is 7. The first-order chi connectivity index (χ1) is 16.6. The molecule has 34 heavy (non-hydrogen) atoms. The first-order valence-corrected chi connectivity index (χ1v) is 12.0. The summed E-state index contributed by atoms with van der Waals surface area (Å²) in [4.78, 5) is 28.4. The van der Waals surface area contributed by atoms with Gasteiger partial charge in [0.05, 0.1) is 28.3 Å². The molecule has 1 N–H and O–H groups in total. The van der Waals surface area contributed by atoms with E-state index in [1.807, 2.05) is 47.3 Å². The molecular formula is C27H26ClN3O3. The van der Waals surface area contributed by atoms with Crippen molar-refractivity contribution in [3.8, 4) is 0 Å². The minimum absolute atomic E-state index is 0.000336. The van der Waals surface area contributed by atoms with Gasteiger partial charge >= 0.3 is 0 Å². The van der Waals surface area contributed by atoms with E-state index in [4.69, 9.17) is 16.3 Å². The Labute approximate surface area is 202 Å². The third-order valence-electron chi connectivity index (χ3n) is 6.72. The number of halogens is 1. The number of hydrogen-bond acceptors (Lipinski definition) is 4. The summed E-state index contributed by atoms with van der Waals surface area (Å²) in [5.41, 5.74) is 2.21. The zero-order valence-corrected chi connectivity index (χ0v) is 19.5. The van der Waals surface area contributed by atoms with Crippen LogP contribution in [0.3, 0.4) is 0 Å². The summed E-state index contributed by atoms with van der Waals surface area (Å²) in [6.07, 6.45) is 7.35. The van der Waals surface area contributed by atoms with Crippen LogP contribution in [0.5, 0.6) is 0 Å². The Morgan fingerprint density at radius 2 is 1.88 bits per heavy atom. The number of nitrogens with one attached hydrogen (secondary N) is 1. The van der Waals surface area contributed by atoms with E-state index < -0.39 is 0 Å². The number of fused-ring (bicyclic) bond motifs is 2. The van der Waals surface area contributed by atoms with Crippen LogP contribution < -0.4 is 5.32 Å². The van der Waals surface area contributed by atoms with E-state index in [0.29, 0.717) is 36.1 Å². The van der Waals surface area contributed by atoms with Gasteiger partial charge in [-0.3, -0.25) is 14.6 Å². The van der Waals surface area contributed by atoms with Crippen LogP contribution in [0, 0.1) is 5.92 Å². The highest BCUT2D eigenvalue weighted by Gasteiger charge is 2.24. The lowest BCUT2D eigenvalue weighted by atomic mass is 9.87. The zero-order valence-electron chi connectivity index (χ0n) is 18.7. The Hall–Kier alpha value is -3.38. The number of nitrogens with zero attached hydrogens (tertiary/aromatic N) is 2. The van der Waals surface area contributed by atoms with Gasteiger partial charge in [0.25, 0.3) is 12.4 Å². The summed E-state index contributed by atoms with van der Waals surface area (Å²) < 4.78 is 7.11. The van der Waals surface area contributed by atoms with E-state index in [9.17, 15) is 9.59 Å². The van der Waals surface area contributed by atoms with Crippen molar-refractivity contribution in [3.63, 3.8) is 0 Å². The molecule has 2 aromatic heterocycles. The topological polar surface area (TPSA) is 73.2 Å². The predicted molar refractivity (Wildman–Crippen MR) is 133 cm³/mol. The van der Waals surface area contributed by atoms with Crippen LogP contribution in [0.2, 0.25) is 5.02 Å². The lowest BCUT2D eigenvalue weighted by Gasteiger charge is -2.27. The van der Waals surface area contributed by atoms with Crippen molar-refractivity contribution in [2.45, 2.75) is 38.3 Å². The summed E-state index contributed by atoms with van der Waals surface area (Å²) in [6, 6.07) is 15.9. The Kier molecular flexibility index (Phi) is 6.50. The number of ether oxygens (including phenoxy) is 1. The molecule has 174 valence electrons. The average Bonchev–Trinajstić information content (AvgIpc) is 3.26. The van der Waals surface area contributed by atoms with Gasteiger partial charge in [-0.05, 0) is 55.2 Å². The first kappa shape index (κ1) is 22.4. The number of carbonyl (C=O) groups is 2. The van der Waals surface area contributed by atoms with E-state index in [2.05, 4.69) is 22.4 Å². The van der Waals surface area contributed by atoms with Crippen molar-refractivity contribution in [3.05, 3.63) is 77.2 Å². The minimum Gasteiger partial charge on any atom is -0.465 e. The van der Waals surface area contributed by atoms with Gasteiger partial charge in [-0.1, -0.05) is 41.9 Å². The number of carbonyl (C=O) groups excluding carboxylic acids is 2. The summed E-state index contributed by atoms with van der Waals surface area (Å²) in [5, 5.41) is 6.71. The van der Waals surface area contributed by atoms with Crippen LogP contribution in [0.1, 0.15) is 41.7 Å². The molecule has 7 heteroatoms. The monoisotopic (exact) mass is 475 g/mol. The van der Waals surface area contributed by atoms with Gasteiger partial charge in [0, 0.05) is 29.7 Å². The van der Waals surface area contributed by atoms with Crippen molar-refractivity contribution in [1.29, 1.82) is 0 Å². The highest BCUT2D eigenvalue weighted by Crippen LogP contribution is 2.29. The first-order valence-electron chi connectivity index (χ1n) is 11.6. The van der Waals surface area contributed by atoms with Crippen molar-refractivity contribution < 1.29 is 14.3 Å². The lowest BCUT2D eigenvalue weighted by Crippen LogP contribution is -2.33. The largest absolute Gasteiger partial charge is 0.465 e. The Balaban J connectivity index is 1.36. The van der Waals surface area contributed by atoms with E-state index in [-0.39, 0.29) is 12.0 Å². The fourth-order valence-corrected chi connectivity index (χ4v) is 5.12. The summed E-state index contributed by atoms with van der Waals surface area (Å²) in [5.74, 6) is 0.190. The number of hydrogen-bond donors (Lipinski definition) is 1. The van der Waals surface area contributed by atoms with Crippen molar-refractivity contribution >= 4 is 45.7 Å². The molecule has 2 aromatic carbocycles. The number of amides is 1. The highest BCUT2D eigenvalue weighted by atomic mass is 35.5. The normalized spacial score (nSPS) is 18.1. The summed E-state index contributed by atoms with van der Waals surface area (Å²) in [7, 11) is 0. The molecule has 0 spiro atoms. The third-order valence-corrected chi connectivity index (χ3v) is 7.03. The van der Waals surface area contributed by atoms with Crippen LogP contribution >= 0.6 is 11.6 Å². The smallest absolute Gasteiger partial charge is 0.293 e. The second-order valence-electron chi connectivity index (χ2n) is 8.91. The summed E-state index contributed by atoms with van der Waals surface area (Å²) in [6.45, 7) is 1.64. The fraction of sp³-hybridized carbons (Fsp3) is 0.296. The second kappa shape index (κ2) is 9.85. The molecule has 2 heterocycles. The molecule has 1 aliphatic rings. The van der Waals surface area contributed by atoms with Gasteiger partial charge in [0.1, 0.15) is 6.10 Å². The molecule has 0 bridgehead atoms. The van der Waals surface area contributed by atoms with E-state index >= 15 is 0 Å². The van der Waals surface area contributed by atoms with Gasteiger partial charge in [0.15, 0.2) is 0 Å².